The van der Waals surface area contributed by atoms with Gasteiger partial charge in [0.25, 0.3) is 5.91 Å². The lowest BCUT2D eigenvalue weighted by Gasteiger charge is -2.33. The second-order valence-corrected chi connectivity index (χ2v) is 7.09. The van der Waals surface area contributed by atoms with E-state index < -0.39 is 0 Å². The maximum Gasteiger partial charge on any atom is 0.259 e. The van der Waals surface area contributed by atoms with E-state index in [1.165, 1.54) is 0 Å². The zero-order chi connectivity index (χ0) is 20.2. The van der Waals surface area contributed by atoms with Gasteiger partial charge in [-0.2, -0.15) is 5.10 Å². The number of benzene rings is 1. The van der Waals surface area contributed by atoms with E-state index in [0.717, 1.165) is 36.8 Å². The van der Waals surface area contributed by atoms with Crippen molar-refractivity contribution in [3.8, 4) is 5.82 Å². The maximum atomic E-state index is 12.9. The fourth-order valence-corrected chi connectivity index (χ4v) is 3.59. The Morgan fingerprint density at radius 3 is 2.76 bits per heavy atom. The number of morpholine rings is 1. The van der Waals surface area contributed by atoms with Gasteiger partial charge in [-0.3, -0.25) is 4.79 Å². The van der Waals surface area contributed by atoms with Crippen molar-refractivity contribution in [2.45, 2.75) is 26.4 Å². The van der Waals surface area contributed by atoms with Crippen LogP contribution in [0, 0.1) is 0 Å². The molecule has 3 aromatic rings. The van der Waals surface area contributed by atoms with E-state index in [-0.39, 0.29) is 12.0 Å². The monoisotopic (exact) mass is 391 g/mol. The molecule has 1 amide bonds. The summed E-state index contributed by atoms with van der Waals surface area (Å²) < 4.78 is 7.32. The second-order valence-electron chi connectivity index (χ2n) is 7.09. The zero-order valence-electron chi connectivity index (χ0n) is 16.7. The van der Waals surface area contributed by atoms with Gasteiger partial charge in [0.1, 0.15) is 0 Å². The van der Waals surface area contributed by atoms with Crippen LogP contribution in [-0.2, 0) is 11.2 Å². The number of carbonyl (C=O) groups excluding carboxylic acids is 1. The number of amides is 1. The highest BCUT2D eigenvalue weighted by Gasteiger charge is 2.19. The average Bonchev–Trinajstić information content (AvgIpc) is 3.19. The summed E-state index contributed by atoms with van der Waals surface area (Å²) in [7, 11) is 0. The molecule has 1 fully saturated rings. The van der Waals surface area contributed by atoms with Crippen molar-refractivity contribution < 1.29 is 9.53 Å². The first-order valence-electron chi connectivity index (χ1n) is 9.92. The first-order valence-corrected chi connectivity index (χ1v) is 9.92. The Labute approximate surface area is 170 Å². The van der Waals surface area contributed by atoms with E-state index >= 15 is 0 Å². The number of carbonyl (C=O) groups is 1. The SMILES string of the molecule is CCc1c(C(=O)Nc2ccc(N3CCO[C@@H](C)C3)cc2)cnn1-c1ccccn1. The van der Waals surface area contributed by atoms with Gasteiger partial charge in [-0.15, -0.1) is 0 Å². The third-order valence-electron chi connectivity index (χ3n) is 5.05. The summed E-state index contributed by atoms with van der Waals surface area (Å²) in [6, 6.07) is 13.6. The number of pyridine rings is 1. The standard InChI is InChI=1S/C22H25N5O2/c1-3-20-19(14-24-27(20)21-6-4-5-11-23-21)22(28)25-17-7-9-18(10-8-17)26-12-13-29-16(2)15-26/h4-11,14,16H,3,12-13,15H2,1-2H3,(H,25,28)/t16-/m0/s1. The van der Waals surface area contributed by atoms with Crippen molar-refractivity contribution >= 4 is 17.3 Å². The van der Waals surface area contributed by atoms with Crippen LogP contribution in [0.1, 0.15) is 29.9 Å². The lowest BCUT2D eigenvalue weighted by Crippen LogP contribution is -2.41. The van der Waals surface area contributed by atoms with Crippen molar-refractivity contribution in [3.05, 3.63) is 66.1 Å². The number of hydrogen-bond donors (Lipinski definition) is 1. The average molecular weight is 391 g/mol. The van der Waals surface area contributed by atoms with Gasteiger partial charge in [-0.1, -0.05) is 13.0 Å². The van der Waals surface area contributed by atoms with Crippen molar-refractivity contribution in [1.29, 1.82) is 0 Å². The third-order valence-corrected chi connectivity index (χ3v) is 5.05. The van der Waals surface area contributed by atoms with Gasteiger partial charge in [0.2, 0.25) is 0 Å². The van der Waals surface area contributed by atoms with E-state index in [9.17, 15) is 4.79 Å². The summed E-state index contributed by atoms with van der Waals surface area (Å²) in [5, 5.41) is 7.36. The fraction of sp³-hybridized carbons (Fsp3) is 0.318. The highest BCUT2D eigenvalue weighted by molar-refractivity contribution is 6.05. The summed E-state index contributed by atoms with van der Waals surface area (Å²) in [6.45, 7) is 6.57. The Bertz CT molecular complexity index is 969. The van der Waals surface area contributed by atoms with E-state index in [0.29, 0.717) is 17.8 Å². The van der Waals surface area contributed by atoms with Crippen molar-refractivity contribution in [2.75, 3.05) is 29.9 Å². The molecule has 0 bridgehead atoms. The molecule has 0 saturated carbocycles. The molecule has 1 aromatic carbocycles. The molecular weight excluding hydrogens is 366 g/mol. The molecule has 4 rings (SSSR count). The van der Waals surface area contributed by atoms with Gasteiger partial charge in [0.15, 0.2) is 5.82 Å². The summed E-state index contributed by atoms with van der Waals surface area (Å²) in [6.07, 6.45) is 4.22. The Balaban J connectivity index is 1.49. The molecule has 2 aromatic heterocycles. The number of aromatic nitrogens is 3. The van der Waals surface area contributed by atoms with Crippen LogP contribution >= 0.6 is 0 Å². The zero-order valence-corrected chi connectivity index (χ0v) is 16.7. The number of anilines is 2. The second kappa shape index (κ2) is 8.45. The maximum absolute atomic E-state index is 12.9. The highest BCUT2D eigenvalue weighted by Crippen LogP contribution is 2.22. The van der Waals surface area contributed by atoms with Crippen molar-refractivity contribution in [1.82, 2.24) is 14.8 Å². The van der Waals surface area contributed by atoms with Gasteiger partial charge in [0, 0.05) is 30.7 Å². The quantitative estimate of drug-likeness (QED) is 0.722. The summed E-state index contributed by atoms with van der Waals surface area (Å²) >= 11 is 0. The molecule has 7 heteroatoms. The van der Waals surface area contributed by atoms with Crippen LogP contribution in [0.5, 0.6) is 0 Å². The molecule has 1 N–H and O–H groups in total. The van der Waals surface area contributed by atoms with Crippen LogP contribution in [0.15, 0.2) is 54.9 Å². The van der Waals surface area contributed by atoms with Crippen LogP contribution in [0.2, 0.25) is 0 Å². The molecule has 3 heterocycles. The van der Waals surface area contributed by atoms with Crippen LogP contribution in [0.25, 0.3) is 5.82 Å². The summed E-state index contributed by atoms with van der Waals surface area (Å²) in [5.74, 6) is 0.532. The topological polar surface area (TPSA) is 72.3 Å². The van der Waals surface area contributed by atoms with Gasteiger partial charge >= 0.3 is 0 Å². The van der Waals surface area contributed by atoms with Gasteiger partial charge in [-0.25, -0.2) is 9.67 Å². The molecule has 0 unspecified atom stereocenters. The number of rotatable bonds is 5. The molecule has 0 aliphatic carbocycles. The van der Waals surface area contributed by atoms with E-state index in [1.807, 2.05) is 49.4 Å². The van der Waals surface area contributed by atoms with Gasteiger partial charge in [0.05, 0.1) is 30.2 Å². The number of hydrogen-bond acceptors (Lipinski definition) is 5. The summed E-state index contributed by atoms with van der Waals surface area (Å²) in [5.41, 5.74) is 3.28. The Morgan fingerprint density at radius 1 is 1.24 bits per heavy atom. The number of ether oxygens (including phenoxy) is 1. The smallest absolute Gasteiger partial charge is 0.259 e. The van der Waals surface area contributed by atoms with Gasteiger partial charge in [-0.05, 0) is 49.7 Å². The third kappa shape index (κ3) is 4.14. The Kier molecular flexibility index (Phi) is 5.57. The molecule has 7 nitrogen and oxygen atoms in total. The number of nitrogens with zero attached hydrogens (tertiary/aromatic N) is 4. The molecule has 1 aliphatic rings. The minimum Gasteiger partial charge on any atom is -0.375 e. The molecule has 0 radical (unpaired) electrons. The van der Waals surface area contributed by atoms with Crippen LogP contribution in [-0.4, -0.2) is 46.5 Å². The van der Waals surface area contributed by atoms with Crippen LogP contribution in [0.4, 0.5) is 11.4 Å². The number of nitrogens with one attached hydrogen (secondary N) is 1. The molecule has 1 atom stereocenters. The van der Waals surface area contributed by atoms with Crippen molar-refractivity contribution in [3.63, 3.8) is 0 Å². The summed E-state index contributed by atoms with van der Waals surface area (Å²) in [4.78, 5) is 19.5. The molecule has 1 saturated heterocycles. The minimum atomic E-state index is -0.170. The van der Waals surface area contributed by atoms with Crippen LogP contribution in [0.3, 0.4) is 0 Å². The molecule has 1 aliphatic heterocycles. The van der Waals surface area contributed by atoms with E-state index in [2.05, 4.69) is 27.2 Å². The normalized spacial score (nSPS) is 16.6. The van der Waals surface area contributed by atoms with E-state index in [1.54, 1.807) is 17.1 Å². The first kappa shape index (κ1) is 19.1. The molecule has 0 spiro atoms. The largest absolute Gasteiger partial charge is 0.375 e. The molecular formula is C22H25N5O2. The van der Waals surface area contributed by atoms with Crippen LogP contribution < -0.4 is 10.2 Å². The van der Waals surface area contributed by atoms with E-state index in [4.69, 9.17) is 4.74 Å². The fourth-order valence-electron chi connectivity index (χ4n) is 3.59. The lowest BCUT2D eigenvalue weighted by atomic mass is 10.1. The predicted octanol–water partition coefficient (Wildman–Crippen LogP) is 3.31. The molecule has 29 heavy (non-hydrogen) atoms. The Hall–Kier alpha value is -3.19. The molecule has 150 valence electrons. The predicted molar refractivity (Wildman–Crippen MR) is 113 cm³/mol. The highest BCUT2D eigenvalue weighted by atomic mass is 16.5. The Morgan fingerprint density at radius 2 is 2.07 bits per heavy atom. The van der Waals surface area contributed by atoms with Crippen molar-refractivity contribution in [2.24, 2.45) is 0 Å². The lowest BCUT2D eigenvalue weighted by molar-refractivity contribution is 0.0532. The minimum absolute atomic E-state index is 0.170. The van der Waals surface area contributed by atoms with Gasteiger partial charge < -0.3 is 15.0 Å². The first-order chi connectivity index (χ1) is 14.2.